The zero-order chi connectivity index (χ0) is 11.1. The maximum atomic E-state index is 13.3. The van der Waals surface area contributed by atoms with Crippen molar-refractivity contribution in [3.8, 4) is 0 Å². The first-order chi connectivity index (χ1) is 7.75. The summed E-state index contributed by atoms with van der Waals surface area (Å²) in [5.74, 6) is 1.97. The van der Waals surface area contributed by atoms with Gasteiger partial charge in [0.1, 0.15) is 5.82 Å². The molecule has 0 bridgehead atoms. The Morgan fingerprint density at radius 1 is 1.31 bits per heavy atom. The lowest BCUT2D eigenvalue weighted by molar-refractivity contribution is 0.361. The topological polar surface area (TPSA) is 12.0 Å². The molecule has 3 rings (SSSR count). The second-order valence-corrected chi connectivity index (χ2v) is 5.29. The third-order valence-corrected chi connectivity index (χ3v) is 4.37. The SMILES string of the molecule is CC1CCCC1C1CNc2ccc(F)cc21. The van der Waals surface area contributed by atoms with Gasteiger partial charge in [0.2, 0.25) is 0 Å². The number of hydrogen-bond acceptors (Lipinski definition) is 1. The standard InChI is InChI=1S/C14H18FN/c1-9-3-2-4-11(9)13-8-16-14-6-5-10(15)7-12(13)14/h5-7,9,11,13,16H,2-4,8H2,1H3. The van der Waals surface area contributed by atoms with Crippen LogP contribution < -0.4 is 5.32 Å². The molecule has 16 heavy (non-hydrogen) atoms. The van der Waals surface area contributed by atoms with Crippen molar-refractivity contribution in [1.82, 2.24) is 0 Å². The van der Waals surface area contributed by atoms with Gasteiger partial charge in [0.05, 0.1) is 0 Å². The van der Waals surface area contributed by atoms with E-state index in [1.165, 1.54) is 24.8 Å². The molecule has 1 saturated carbocycles. The molecule has 86 valence electrons. The zero-order valence-electron chi connectivity index (χ0n) is 9.67. The Morgan fingerprint density at radius 2 is 2.19 bits per heavy atom. The van der Waals surface area contributed by atoms with Gasteiger partial charge >= 0.3 is 0 Å². The van der Waals surface area contributed by atoms with Crippen LogP contribution >= 0.6 is 0 Å². The van der Waals surface area contributed by atoms with Crippen molar-refractivity contribution in [2.24, 2.45) is 11.8 Å². The van der Waals surface area contributed by atoms with Gasteiger partial charge in [0, 0.05) is 18.2 Å². The van der Waals surface area contributed by atoms with Crippen LogP contribution in [0.25, 0.3) is 0 Å². The summed E-state index contributed by atoms with van der Waals surface area (Å²) in [7, 11) is 0. The Labute approximate surface area is 96.1 Å². The molecule has 0 radical (unpaired) electrons. The molecule has 1 nitrogen and oxygen atoms in total. The number of fused-ring (bicyclic) bond motifs is 1. The number of nitrogens with one attached hydrogen (secondary N) is 1. The molecule has 1 heterocycles. The van der Waals surface area contributed by atoms with Crippen LogP contribution in [0.2, 0.25) is 0 Å². The van der Waals surface area contributed by atoms with Crippen LogP contribution in [-0.4, -0.2) is 6.54 Å². The lowest BCUT2D eigenvalue weighted by Crippen LogP contribution is -2.17. The smallest absolute Gasteiger partial charge is 0.123 e. The lowest BCUT2D eigenvalue weighted by atomic mass is 9.81. The largest absolute Gasteiger partial charge is 0.384 e. The third-order valence-electron chi connectivity index (χ3n) is 4.37. The highest BCUT2D eigenvalue weighted by molar-refractivity contribution is 5.58. The van der Waals surface area contributed by atoms with E-state index in [2.05, 4.69) is 12.2 Å². The van der Waals surface area contributed by atoms with Crippen molar-refractivity contribution in [3.63, 3.8) is 0 Å². The minimum atomic E-state index is -0.0990. The van der Waals surface area contributed by atoms with Crippen LogP contribution in [0.15, 0.2) is 18.2 Å². The second kappa shape index (κ2) is 3.76. The number of halogens is 1. The van der Waals surface area contributed by atoms with Crippen LogP contribution in [0.5, 0.6) is 0 Å². The highest BCUT2D eigenvalue weighted by atomic mass is 19.1. The maximum Gasteiger partial charge on any atom is 0.123 e. The van der Waals surface area contributed by atoms with Crippen molar-refractivity contribution in [1.29, 1.82) is 0 Å². The lowest BCUT2D eigenvalue weighted by Gasteiger charge is -2.22. The Morgan fingerprint density at radius 3 is 2.94 bits per heavy atom. The normalized spacial score (nSPS) is 32.5. The van der Waals surface area contributed by atoms with Crippen molar-refractivity contribution >= 4 is 5.69 Å². The molecule has 2 aliphatic rings. The molecular weight excluding hydrogens is 201 g/mol. The third kappa shape index (κ3) is 1.51. The Balaban J connectivity index is 1.93. The summed E-state index contributed by atoms with van der Waals surface area (Å²) in [6.07, 6.45) is 3.99. The van der Waals surface area contributed by atoms with E-state index in [0.717, 1.165) is 24.1 Å². The van der Waals surface area contributed by atoms with E-state index in [-0.39, 0.29) is 5.82 Å². The monoisotopic (exact) mass is 219 g/mol. The summed E-state index contributed by atoms with van der Waals surface area (Å²) in [4.78, 5) is 0. The molecule has 1 N–H and O–H groups in total. The van der Waals surface area contributed by atoms with Gasteiger partial charge in [0.15, 0.2) is 0 Å². The molecule has 3 unspecified atom stereocenters. The fourth-order valence-electron chi connectivity index (χ4n) is 3.49. The fourth-order valence-corrected chi connectivity index (χ4v) is 3.49. The van der Waals surface area contributed by atoms with Crippen LogP contribution in [0, 0.1) is 17.7 Å². The molecule has 2 heteroatoms. The predicted octanol–water partition coefficient (Wildman–Crippen LogP) is 3.77. The molecule has 1 aliphatic heterocycles. The first-order valence-electron chi connectivity index (χ1n) is 6.29. The van der Waals surface area contributed by atoms with Crippen LogP contribution in [0.3, 0.4) is 0 Å². The Kier molecular flexibility index (Phi) is 2.38. The van der Waals surface area contributed by atoms with E-state index in [0.29, 0.717) is 5.92 Å². The van der Waals surface area contributed by atoms with Crippen molar-refractivity contribution in [2.45, 2.75) is 32.1 Å². The average molecular weight is 219 g/mol. The minimum Gasteiger partial charge on any atom is -0.384 e. The van der Waals surface area contributed by atoms with Gasteiger partial charge in [-0.25, -0.2) is 4.39 Å². The zero-order valence-corrected chi connectivity index (χ0v) is 9.67. The summed E-state index contributed by atoms with van der Waals surface area (Å²) >= 11 is 0. The molecular formula is C14H18FN. The summed E-state index contributed by atoms with van der Waals surface area (Å²) in [5.41, 5.74) is 2.35. The minimum absolute atomic E-state index is 0.0990. The van der Waals surface area contributed by atoms with E-state index < -0.39 is 0 Å². The van der Waals surface area contributed by atoms with Crippen molar-refractivity contribution in [2.75, 3.05) is 11.9 Å². The molecule has 0 aromatic heterocycles. The van der Waals surface area contributed by atoms with Gasteiger partial charge in [-0.05, 0) is 42.0 Å². The van der Waals surface area contributed by atoms with Gasteiger partial charge in [0.25, 0.3) is 0 Å². The number of anilines is 1. The van der Waals surface area contributed by atoms with Gasteiger partial charge in [-0.2, -0.15) is 0 Å². The summed E-state index contributed by atoms with van der Waals surface area (Å²) in [6.45, 7) is 3.34. The molecule has 0 spiro atoms. The molecule has 0 amide bonds. The van der Waals surface area contributed by atoms with Crippen LogP contribution in [0.4, 0.5) is 10.1 Å². The first-order valence-corrected chi connectivity index (χ1v) is 6.29. The fraction of sp³-hybridized carbons (Fsp3) is 0.571. The molecule has 1 aromatic carbocycles. The maximum absolute atomic E-state index is 13.3. The summed E-state index contributed by atoms with van der Waals surface area (Å²) in [6, 6.07) is 5.15. The summed E-state index contributed by atoms with van der Waals surface area (Å²) in [5, 5.41) is 3.41. The van der Waals surface area contributed by atoms with Gasteiger partial charge in [-0.15, -0.1) is 0 Å². The van der Waals surface area contributed by atoms with Gasteiger partial charge < -0.3 is 5.32 Å². The number of rotatable bonds is 1. The van der Waals surface area contributed by atoms with Crippen LogP contribution in [0.1, 0.15) is 37.7 Å². The first kappa shape index (κ1) is 10.1. The van der Waals surface area contributed by atoms with E-state index in [1.807, 2.05) is 6.07 Å². The van der Waals surface area contributed by atoms with Gasteiger partial charge in [-0.1, -0.05) is 19.8 Å². The Hall–Kier alpha value is -1.05. The highest BCUT2D eigenvalue weighted by Crippen LogP contribution is 2.46. The molecule has 0 saturated heterocycles. The average Bonchev–Trinajstić information content (AvgIpc) is 2.83. The van der Waals surface area contributed by atoms with Crippen molar-refractivity contribution in [3.05, 3.63) is 29.6 Å². The van der Waals surface area contributed by atoms with E-state index in [1.54, 1.807) is 12.1 Å². The highest BCUT2D eigenvalue weighted by Gasteiger charge is 2.35. The number of hydrogen-bond donors (Lipinski definition) is 1. The molecule has 3 atom stereocenters. The van der Waals surface area contributed by atoms with E-state index >= 15 is 0 Å². The van der Waals surface area contributed by atoms with Crippen molar-refractivity contribution < 1.29 is 4.39 Å². The quantitative estimate of drug-likeness (QED) is 0.758. The second-order valence-electron chi connectivity index (χ2n) is 5.29. The Bertz CT molecular complexity index is 402. The molecule has 1 fully saturated rings. The van der Waals surface area contributed by atoms with E-state index in [4.69, 9.17) is 0 Å². The number of benzene rings is 1. The summed E-state index contributed by atoms with van der Waals surface area (Å²) < 4.78 is 13.3. The van der Waals surface area contributed by atoms with E-state index in [9.17, 15) is 4.39 Å². The predicted molar refractivity (Wildman–Crippen MR) is 64.1 cm³/mol. The molecule has 1 aliphatic carbocycles. The van der Waals surface area contributed by atoms with Crippen LogP contribution in [-0.2, 0) is 0 Å². The molecule has 1 aromatic rings. The van der Waals surface area contributed by atoms with Gasteiger partial charge in [-0.3, -0.25) is 0 Å².